The van der Waals surface area contributed by atoms with Gasteiger partial charge in [-0.25, -0.2) is 0 Å². The van der Waals surface area contributed by atoms with E-state index in [1.54, 1.807) is 7.11 Å². The van der Waals surface area contributed by atoms with Crippen LogP contribution in [0.3, 0.4) is 0 Å². The second kappa shape index (κ2) is 31.7. The van der Waals surface area contributed by atoms with Gasteiger partial charge in [0.25, 0.3) is 0 Å². The molecule has 0 bridgehead atoms. The van der Waals surface area contributed by atoms with E-state index in [9.17, 15) is 39.5 Å². The number of fused-ring (bicyclic) bond motifs is 3. The number of hydrogen-bond acceptors (Lipinski definition) is 14. The zero-order chi connectivity index (χ0) is 71.3. The fraction of sp³-hybridized carbons (Fsp3) is 0.577. The molecule has 0 unspecified atom stereocenters. The van der Waals surface area contributed by atoms with E-state index in [-0.39, 0.29) is 41.3 Å². The molecule has 3 aliphatic heterocycles. The number of nitrogens with two attached hydrogens (primary N) is 4. The summed E-state index contributed by atoms with van der Waals surface area (Å²) in [6, 6.07) is 35.3. The van der Waals surface area contributed by atoms with E-state index < -0.39 is 36.0 Å². The maximum atomic E-state index is 13.0. The van der Waals surface area contributed by atoms with Gasteiger partial charge in [-0.2, -0.15) is 39.5 Å². The SMILES string of the molecule is COC1CCC(CN)(c2ccc(Cl)cc2)CC1.NCC1(c2cccc(Cl)c2)CCC(N2CCn3c(nnc3C(F)(F)F)C2)CC1.NCC1(c2cccc(Cl)c2)CCC(N2CCn3c(nnc3C(F)(F)F)C2)CC1.NCC1(c2ccccc2)CCC(N2CCn3c(nnc3C(F)(F)F)C2)CC1. The van der Waals surface area contributed by atoms with Crippen molar-refractivity contribution in [3.63, 3.8) is 0 Å². The molecule has 17 nitrogen and oxygen atoms in total. The van der Waals surface area contributed by atoms with E-state index in [0.29, 0.717) is 117 Å². The first-order valence-electron chi connectivity index (χ1n) is 34.6. The molecule has 6 heterocycles. The molecule has 4 saturated carbocycles. The Balaban J connectivity index is 0.000000136. The third-order valence-corrected chi connectivity index (χ3v) is 23.6. The number of alkyl halides is 9. The molecule has 0 radical (unpaired) electrons. The van der Waals surface area contributed by atoms with Gasteiger partial charge in [0.2, 0.25) is 17.5 Å². The average Bonchev–Trinajstić information content (AvgIpc) is 1.28. The zero-order valence-electron chi connectivity index (χ0n) is 56.3. The minimum atomic E-state index is -4.46. The van der Waals surface area contributed by atoms with Gasteiger partial charge in [0.15, 0.2) is 0 Å². The molecule has 0 atom stereocenters. The van der Waals surface area contributed by atoms with Crippen molar-refractivity contribution in [3.8, 4) is 0 Å². The number of methoxy groups -OCH3 is 1. The minimum absolute atomic E-state index is 0.0109. The lowest BCUT2D eigenvalue weighted by molar-refractivity contribution is -0.148. The summed E-state index contributed by atoms with van der Waals surface area (Å²) in [4.78, 5) is 6.74. The van der Waals surface area contributed by atoms with Crippen molar-refractivity contribution in [2.45, 2.75) is 206 Å². The van der Waals surface area contributed by atoms with Crippen LogP contribution in [0.4, 0.5) is 39.5 Å². The number of halogens is 12. The Morgan fingerprint density at radius 2 is 0.680 bits per heavy atom. The smallest absolute Gasteiger partial charge is 0.381 e. The summed E-state index contributed by atoms with van der Waals surface area (Å²) < 4.78 is 126. The molecule has 8 N–H and O–H groups in total. The van der Waals surface area contributed by atoms with Gasteiger partial charge in [-0.15, -0.1) is 30.6 Å². The molecule has 0 saturated heterocycles. The highest BCUT2D eigenvalue weighted by Crippen LogP contribution is 2.46. The van der Waals surface area contributed by atoms with E-state index in [1.165, 1.54) is 36.0 Å². The predicted octanol–water partition coefficient (Wildman–Crippen LogP) is 13.3. The van der Waals surface area contributed by atoms with Crippen LogP contribution in [0.1, 0.15) is 160 Å². The second-order valence-corrected chi connectivity index (χ2v) is 29.4. The average molecular weight is 1460 g/mol. The summed E-state index contributed by atoms with van der Waals surface area (Å²) >= 11 is 18.3. The van der Waals surface area contributed by atoms with Crippen LogP contribution in [-0.4, -0.2) is 136 Å². The summed E-state index contributed by atoms with van der Waals surface area (Å²) in [6.45, 7) is 6.24. The predicted molar refractivity (Wildman–Crippen MR) is 366 cm³/mol. The van der Waals surface area contributed by atoms with E-state index in [0.717, 1.165) is 108 Å². The van der Waals surface area contributed by atoms with E-state index in [4.69, 9.17) is 62.5 Å². The van der Waals surface area contributed by atoms with Gasteiger partial charge in [-0.05, 0) is 161 Å². The Bertz CT molecular complexity index is 3640. The molecule has 14 rings (SSSR count). The molecule has 0 amide bonds. The highest BCUT2D eigenvalue weighted by molar-refractivity contribution is 6.31. The van der Waals surface area contributed by atoms with Crippen LogP contribution in [0.15, 0.2) is 103 Å². The molecule has 29 heteroatoms. The maximum absolute atomic E-state index is 13.0. The van der Waals surface area contributed by atoms with Gasteiger partial charge in [0.05, 0.1) is 25.7 Å². The van der Waals surface area contributed by atoms with Crippen molar-refractivity contribution in [2.24, 2.45) is 22.9 Å². The maximum Gasteiger partial charge on any atom is 0.451 e. The van der Waals surface area contributed by atoms with Crippen molar-refractivity contribution in [3.05, 3.63) is 175 Å². The lowest BCUT2D eigenvalue weighted by Gasteiger charge is -2.44. The third kappa shape index (κ3) is 16.7. The molecule has 544 valence electrons. The lowest BCUT2D eigenvalue weighted by Crippen LogP contribution is -2.47. The Morgan fingerprint density at radius 3 is 0.980 bits per heavy atom. The van der Waals surface area contributed by atoms with Crippen LogP contribution >= 0.6 is 34.8 Å². The van der Waals surface area contributed by atoms with Crippen LogP contribution in [0.25, 0.3) is 0 Å². The number of ether oxygens (including phenoxy) is 1. The van der Waals surface area contributed by atoms with Crippen LogP contribution in [0.5, 0.6) is 0 Å². The van der Waals surface area contributed by atoms with Crippen molar-refractivity contribution in [1.29, 1.82) is 0 Å². The summed E-state index contributed by atoms with van der Waals surface area (Å²) in [5.74, 6) is -1.48. The van der Waals surface area contributed by atoms with E-state index in [1.807, 2.05) is 54.6 Å². The summed E-state index contributed by atoms with van der Waals surface area (Å²) in [6.07, 6.45) is 2.93. The fourth-order valence-electron chi connectivity index (χ4n) is 16.7. The molecule has 7 aliphatic rings. The van der Waals surface area contributed by atoms with Gasteiger partial charge >= 0.3 is 18.5 Å². The number of nitrogens with zero attached hydrogens (tertiary/aromatic N) is 12. The fourth-order valence-corrected chi connectivity index (χ4v) is 17.2. The normalized spacial score (nSPS) is 26.9. The summed E-state index contributed by atoms with van der Waals surface area (Å²) in [7, 11) is 1.79. The first-order chi connectivity index (χ1) is 47.8. The first-order valence-corrected chi connectivity index (χ1v) is 35.8. The zero-order valence-corrected chi connectivity index (χ0v) is 58.5. The van der Waals surface area contributed by atoms with Crippen molar-refractivity contribution in [1.82, 2.24) is 59.0 Å². The number of aromatic nitrogens is 9. The van der Waals surface area contributed by atoms with Gasteiger partial charge in [0, 0.05) is 127 Å². The Kier molecular flexibility index (Phi) is 23.9. The van der Waals surface area contributed by atoms with Crippen LogP contribution in [0, 0.1) is 0 Å². The lowest BCUT2D eigenvalue weighted by atomic mass is 9.68. The largest absolute Gasteiger partial charge is 0.451 e. The monoisotopic (exact) mass is 1460 g/mol. The number of hydrogen-bond donors (Lipinski definition) is 4. The van der Waals surface area contributed by atoms with Crippen LogP contribution in [-0.2, 0) is 84.2 Å². The second-order valence-electron chi connectivity index (χ2n) is 28.1. The highest BCUT2D eigenvalue weighted by Gasteiger charge is 2.46. The van der Waals surface area contributed by atoms with Gasteiger partial charge in [0.1, 0.15) is 17.5 Å². The standard InChI is InChI=1S/2C19H23ClF3N5.C19H24F3N5.C14H20ClNO/c2*20-14-3-1-2-13(10-14)18(12-24)6-4-15(5-7-18)27-8-9-28-16(11-27)25-26-17(28)19(21,22)23;20-19(21,22)17-25-24-16-12-26(10-11-27(16)17)15-6-8-18(13-23,9-7-15)14-4-2-1-3-5-14;1-17-13-6-8-14(10-16,9-7-13)11-2-4-12(15)5-3-11/h2*1-3,10,15H,4-9,11-12,24H2;1-5,15H,6-13,23H2;2-5,13H,6-10,16H2,1H3. The third-order valence-electron chi connectivity index (χ3n) is 22.9. The van der Waals surface area contributed by atoms with Crippen molar-refractivity contribution >= 4 is 34.8 Å². The molecule has 100 heavy (non-hydrogen) atoms. The van der Waals surface area contributed by atoms with Gasteiger partial charge in [-0.1, -0.05) is 102 Å². The molecule has 4 aliphatic carbocycles. The molecule has 3 aromatic heterocycles. The highest BCUT2D eigenvalue weighted by atomic mass is 35.5. The minimum Gasteiger partial charge on any atom is -0.381 e. The van der Waals surface area contributed by atoms with Gasteiger partial charge in [-0.3, -0.25) is 14.7 Å². The quantitative estimate of drug-likeness (QED) is 0.0838. The first kappa shape index (κ1) is 75.4. The molecule has 4 fully saturated rings. The van der Waals surface area contributed by atoms with Crippen molar-refractivity contribution < 1.29 is 44.3 Å². The number of benzene rings is 4. The van der Waals surface area contributed by atoms with E-state index >= 15 is 0 Å². The topological polar surface area (TPSA) is 215 Å². The van der Waals surface area contributed by atoms with Crippen molar-refractivity contribution in [2.75, 3.05) is 52.9 Å². The van der Waals surface area contributed by atoms with Gasteiger partial charge < -0.3 is 41.4 Å². The summed E-state index contributed by atoms with van der Waals surface area (Å²) in [5.41, 5.74) is 29.4. The molecular formula is C71H90Cl3F9N16O. The molecular weight excluding hydrogens is 1370 g/mol. The Labute approximate surface area is 592 Å². The van der Waals surface area contributed by atoms with E-state index in [2.05, 4.69) is 93.8 Å². The number of rotatable bonds is 12. The molecule has 7 aromatic rings. The van der Waals surface area contributed by atoms with Crippen LogP contribution in [0.2, 0.25) is 15.1 Å². The molecule has 4 aromatic carbocycles. The summed E-state index contributed by atoms with van der Waals surface area (Å²) in [5, 5.41) is 23.7. The van der Waals surface area contributed by atoms with Crippen LogP contribution < -0.4 is 22.9 Å². The Hall–Kier alpha value is -5.78. The molecule has 0 spiro atoms. The Morgan fingerprint density at radius 1 is 0.380 bits per heavy atom.